The van der Waals surface area contributed by atoms with E-state index in [4.69, 9.17) is 4.74 Å². The van der Waals surface area contributed by atoms with Crippen LogP contribution in [0.2, 0.25) is 0 Å². The van der Waals surface area contributed by atoms with Crippen LogP contribution >= 0.6 is 0 Å². The molecule has 3 nitrogen and oxygen atoms in total. The Balaban J connectivity index is 2.38. The van der Waals surface area contributed by atoms with Crippen LogP contribution in [0.4, 0.5) is 13.2 Å². The fourth-order valence-corrected chi connectivity index (χ4v) is 1.82. The third kappa shape index (κ3) is 3.39. The topological polar surface area (TPSA) is 39.2 Å². The van der Waals surface area contributed by atoms with Gasteiger partial charge in [-0.1, -0.05) is 12.1 Å². The lowest BCUT2D eigenvalue weighted by Crippen LogP contribution is -2.07. The Morgan fingerprint density at radius 3 is 2.43 bits per heavy atom. The van der Waals surface area contributed by atoms with Gasteiger partial charge >= 0.3 is 6.18 Å². The van der Waals surface area contributed by atoms with Crippen molar-refractivity contribution in [2.24, 2.45) is 0 Å². The molecule has 0 aliphatic heterocycles. The largest absolute Gasteiger partial charge is 0.493 e. The summed E-state index contributed by atoms with van der Waals surface area (Å²) >= 11 is 0. The molecule has 0 unspecified atom stereocenters. The van der Waals surface area contributed by atoms with E-state index < -0.39 is 11.9 Å². The molecule has 1 aromatic heterocycles. The zero-order valence-electron chi connectivity index (χ0n) is 11.1. The maximum absolute atomic E-state index is 12.5. The van der Waals surface area contributed by atoms with Crippen molar-refractivity contribution in [1.82, 2.24) is 4.98 Å². The molecule has 0 radical (unpaired) electrons. The first-order valence-corrected chi connectivity index (χ1v) is 6.21. The van der Waals surface area contributed by atoms with E-state index in [2.05, 4.69) is 4.98 Å². The van der Waals surface area contributed by atoms with Gasteiger partial charge in [0.1, 0.15) is 11.4 Å². The van der Waals surface area contributed by atoms with E-state index in [0.29, 0.717) is 35.3 Å². The predicted molar refractivity (Wildman–Crippen MR) is 71.2 cm³/mol. The van der Waals surface area contributed by atoms with Gasteiger partial charge in [0, 0.05) is 11.8 Å². The molecule has 0 bridgehead atoms. The first-order valence-electron chi connectivity index (χ1n) is 6.21. The number of aromatic nitrogens is 1. The van der Waals surface area contributed by atoms with E-state index in [0.717, 1.165) is 12.3 Å². The van der Waals surface area contributed by atoms with Gasteiger partial charge in [0.2, 0.25) is 0 Å². The molecular formula is C15H12F3NO2. The number of aldehydes is 1. The normalized spacial score (nSPS) is 11.2. The number of halogens is 3. The van der Waals surface area contributed by atoms with Crippen LogP contribution in [0.15, 0.2) is 36.5 Å². The van der Waals surface area contributed by atoms with Gasteiger partial charge in [-0.25, -0.2) is 0 Å². The van der Waals surface area contributed by atoms with Gasteiger partial charge in [-0.15, -0.1) is 0 Å². The van der Waals surface area contributed by atoms with Gasteiger partial charge in [-0.05, 0) is 30.7 Å². The summed E-state index contributed by atoms with van der Waals surface area (Å²) in [6.45, 7) is 2.16. The molecule has 0 aliphatic carbocycles. The van der Waals surface area contributed by atoms with Crippen molar-refractivity contribution >= 4 is 6.29 Å². The minimum absolute atomic E-state index is 0.384. The Morgan fingerprint density at radius 2 is 1.90 bits per heavy atom. The lowest BCUT2D eigenvalue weighted by Gasteiger charge is -2.10. The van der Waals surface area contributed by atoms with Crippen LogP contribution in [0, 0.1) is 0 Å². The van der Waals surface area contributed by atoms with Crippen molar-refractivity contribution in [2.45, 2.75) is 13.1 Å². The number of alkyl halides is 3. The van der Waals surface area contributed by atoms with E-state index >= 15 is 0 Å². The Morgan fingerprint density at radius 1 is 1.19 bits per heavy atom. The minimum atomic E-state index is -4.46. The van der Waals surface area contributed by atoms with Gasteiger partial charge in [0.25, 0.3) is 0 Å². The number of hydrogen-bond donors (Lipinski definition) is 0. The molecule has 0 N–H and O–H groups in total. The summed E-state index contributed by atoms with van der Waals surface area (Å²) in [6, 6.07) is 7.06. The summed E-state index contributed by atoms with van der Waals surface area (Å²) in [7, 11) is 0. The van der Waals surface area contributed by atoms with E-state index in [-0.39, 0.29) is 0 Å². The Labute approximate surface area is 119 Å². The third-order valence-corrected chi connectivity index (χ3v) is 2.83. The number of pyridine rings is 1. The van der Waals surface area contributed by atoms with E-state index in [1.807, 2.05) is 0 Å². The van der Waals surface area contributed by atoms with Crippen LogP contribution in [0.1, 0.15) is 23.0 Å². The van der Waals surface area contributed by atoms with Crippen LogP contribution in [0.3, 0.4) is 0 Å². The average Bonchev–Trinajstić information content (AvgIpc) is 2.47. The van der Waals surface area contributed by atoms with Crippen molar-refractivity contribution in [1.29, 1.82) is 0 Å². The SMILES string of the molecule is CCOc1cc(-c2ccc(C(F)(F)F)nc2)ccc1C=O. The van der Waals surface area contributed by atoms with Gasteiger partial charge in [-0.3, -0.25) is 9.78 Å². The summed E-state index contributed by atoms with van der Waals surface area (Å²) in [6.07, 6.45) is -2.65. The zero-order chi connectivity index (χ0) is 15.5. The van der Waals surface area contributed by atoms with Crippen LogP contribution in [0.25, 0.3) is 11.1 Å². The van der Waals surface area contributed by atoms with E-state index in [1.165, 1.54) is 6.07 Å². The van der Waals surface area contributed by atoms with E-state index in [1.54, 1.807) is 25.1 Å². The van der Waals surface area contributed by atoms with Crippen molar-refractivity contribution in [3.05, 3.63) is 47.8 Å². The first kappa shape index (κ1) is 15.0. The highest BCUT2D eigenvalue weighted by Crippen LogP contribution is 2.30. The average molecular weight is 295 g/mol. The highest BCUT2D eigenvalue weighted by atomic mass is 19.4. The zero-order valence-corrected chi connectivity index (χ0v) is 11.1. The molecule has 0 atom stereocenters. The fraction of sp³-hybridized carbons (Fsp3) is 0.200. The summed E-state index contributed by atoms with van der Waals surface area (Å²) in [5.41, 5.74) is 0.591. The molecule has 6 heteroatoms. The number of carbonyl (C=O) groups is 1. The van der Waals surface area contributed by atoms with Crippen molar-refractivity contribution in [3.8, 4) is 16.9 Å². The lowest BCUT2D eigenvalue weighted by molar-refractivity contribution is -0.141. The molecule has 0 fully saturated rings. The van der Waals surface area contributed by atoms with Crippen LogP contribution in [-0.4, -0.2) is 17.9 Å². The molecule has 0 aliphatic rings. The van der Waals surface area contributed by atoms with Crippen molar-refractivity contribution in [2.75, 3.05) is 6.61 Å². The molecule has 2 aromatic rings. The fourth-order valence-electron chi connectivity index (χ4n) is 1.82. The van der Waals surface area contributed by atoms with Crippen molar-refractivity contribution in [3.63, 3.8) is 0 Å². The molecule has 1 aromatic carbocycles. The van der Waals surface area contributed by atoms with Crippen molar-refractivity contribution < 1.29 is 22.7 Å². The smallest absolute Gasteiger partial charge is 0.433 e. The Kier molecular flexibility index (Phi) is 4.26. The second-order valence-electron chi connectivity index (χ2n) is 4.23. The molecule has 0 saturated carbocycles. The van der Waals surface area contributed by atoms with Crippen LogP contribution in [-0.2, 0) is 6.18 Å². The maximum atomic E-state index is 12.5. The number of benzene rings is 1. The van der Waals surface area contributed by atoms with Crippen LogP contribution in [0.5, 0.6) is 5.75 Å². The lowest BCUT2D eigenvalue weighted by atomic mass is 10.0. The maximum Gasteiger partial charge on any atom is 0.433 e. The highest BCUT2D eigenvalue weighted by Gasteiger charge is 2.32. The first-order chi connectivity index (χ1) is 9.95. The number of nitrogens with zero attached hydrogens (tertiary/aromatic N) is 1. The molecule has 2 rings (SSSR count). The van der Waals surface area contributed by atoms with Gasteiger partial charge in [0.05, 0.1) is 12.2 Å². The van der Waals surface area contributed by atoms with Gasteiger partial charge in [0.15, 0.2) is 6.29 Å². The molecule has 0 spiro atoms. The van der Waals surface area contributed by atoms with Crippen LogP contribution < -0.4 is 4.74 Å². The molecule has 0 saturated heterocycles. The summed E-state index contributed by atoms with van der Waals surface area (Å²) < 4.78 is 42.7. The number of rotatable bonds is 4. The molecule has 21 heavy (non-hydrogen) atoms. The summed E-state index contributed by atoms with van der Waals surface area (Å²) in [5, 5.41) is 0. The highest BCUT2D eigenvalue weighted by molar-refractivity contribution is 5.81. The summed E-state index contributed by atoms with van der Waals surface area (Å²) in [4.78, 5) is 14.3. The Bertz CT molecular complexity index is 636. The predicted octanol–water partition coefficient (Wildman–Crippen LogP) is 3.98. The molecule has 1 heterocycles. The number of ether oxygens (including phenoxy) is 1. The molecular weight excluding hydrogens is 283 g/mol. The monoisotopic (exact) mass is 295 g/mol. The second kappa shape index (κ2) is 5.95. The molecule has 110 valence electrons. The van der Waals surface area contributed by atoms with Gasteiger partial charge in [-0.2, -0.15) is 13.2 Å². The quantitative estimate of drug-likeness (QED) is 0.801. The Hall–Kier alpha value is -2.37. The van der Waals surface area contributed by atoms with E-state index in [9.17, 15) is 18.0 Å². The second-order valence-corrected chi connectivity index (χ2v) is 4.23. The number of carbonyl (C=O) groups excluding carboxylic acids is 1. The molecule has 0 amide bonds. The summed E-state index contributed by atoms with van der Waals surface area (Å²) in [5.74, 6) is 0.393. The third-order valence-electron chi connectivity index (χ3n) is 2.83. The number of hydrogen-bond acceptors (Lipinski definition) is 3. The standard InChI is InChI=1S/C15H12F3NO2/c1-2-21-13-7-10(3-4-12(13)9-20)11-5-6-14(19-8-11)15(16,17)18/h3-9H,2H2,1H3. The van der Waals surface area contributed by atoms with Gasteiger partial charge < -0.3 is 4.74 Å². The minimum Gasteiger partial charge on any atom is -0.493 e.